The summed E-state index contributed by atoms with van der Waals surface area (Å²) in [5, 5.41) is 0. The fraction of sp³-hybridized carbons (Fsp3) is 0.455. The van der Waals surface area contributed by atoms with Crippen molar-refractivity contribution in [3.8, 4) is 11.6 Å². The van der Waals surface area contributed by atoms with Gasteiger partial charge in [-0.1, -0.05) is 0 Å². The average Bonchev–Trinajstić information content (AvgIpc) is 3.55. The van der Waals surface area contributed by atoms with Crippen molar-refractivity contribution in [3.05, 3.63) is 47.7 Å². The van der Waals surface area contributed by atoms with Crippen LogP contribution >= 0.6 is 11.8 Å². The number of thioether (sulfide) groups is 1. The largest absolute Gasteiger partial charge is 0.439 e. The van der Waals surface area contributed by atoms with E-state index in [-0.39, 0.29) is 5.91 Å². The second-order valence-corrected chi connectivity index (χ2v) is 8.38. The van der Waals surface area contributed by atoms with Crippen LogP contribution in [0.1, 0.15) is 35.2 Å². The standard InChI is InChI=1S/C22H27N3O2S/c1-16-14-19(7-8-20(16)28-2)27-21-9-4-17(15-23-21)22(26)25-11-3-10-24(12-13-25)18-5-6-18/h4,7-9,14-15,18H,3,5-6,10-13H2,1-2H3. The number of benzene rings is 1. The zero-order valence-electron chi connectivity index (χ0n) is 16.6. The lowest BCUT2D eigenvalue weighted by Crippen LogP contribution is -2.35. The highest BCUT2D eigenvalue weighted by atomic mass is 32.2. The first-order valence-corrected chi connectivity index (χ1v) is 11.2. The number of amides is 1. The Bertz CT molecular complexity index is 836. The van der Waals surface area contributed by atoms with E-state index in [0.717, 1.165) is 44.4 Å². The lowest BCUT2D eigenvalue weighted by molar-refractivity contribution is 0.0760. The molecular formula is C22H27N3O2S. The van der Waals surface area contributed by atoms with Gasteiger partial charge in [0.25, 0.3) is 5.91 Å². The van der Waals surface area contributed by atoms with Crippen molar-refractivity contribution >= 4 is 17.7 Å². The van der Waals surface area contributed by atoms with Gasteiger partial charge in [0.1, 0.15) is 5.75 Å². The Morgan fingerprint density at radius 1 is 1.14 bits per heavy atom. The second-order valence-electron chi connectivity index (χ2n) is 7.53. The topological polar surface area (TPSA) is 45.7 Å². The van der Waals surface area contributed by atoms with Crippen molar-refractivity contribution in [2.24, 2.45) is 0 Å². The smallest absolute Gasteiger partial charge is 0.255 e. The number of aromatic nitrogens is 1. The Kier molecular flexibility index (Phi) is 5.87. The highest BCUT2D eigenvalue weighted by Gasteiger charge is 2.31. The third kappa shape index (κ3) is 4.50. The highest BCUT2D eigenvalue weighted by molar-refractivity contribution is 7.98. The Morgan fingerprint density at radius 3 is 2.68 bits per heavy atom. The van der Waals surface area contributed by atoms with Crippen LogP contribution in [0.25, 0.3) is 0 Å². The molecule has 148 valence electrons. The first kappa shape index (κ1) is 19.3. The molecule has 2 aromatic rings. The Balaban J connectivity index is 1.38. The molecule has 4 rings (SSSR count). The van der Waals surface area contributed by atoms with Crippen molar-refractivity contribution in [3.63, 3.8) is 0 Å². The molecule has 0 bridgehead atoms. The lowest BCUT2D eigenvalue weighted by atomic mass is 10.2. The molecule has 1 saturated carbocycles. The van der Waals surface area contributed by atoms with E-state index in [2.05, 4.69) is 29.1 Å². The molecule has 0 spiro atoms. The van der Waals surface area contributed by atoms with Gasteiger partial charge in [-0.2, -0.15) is 0 Å². The zero-order valence-corrected chi connectivity index (χ0v) is 17.4. The van der Waals surface area contributed by atoms with Crippen LogP contribution in [0.4, 0.5) is 0 Å². The van der Waals surface area contributed by atoms with Gasteiger partial charge in [-0.3, -0.25) is 9.69 Å². The van der Waals surface area contributed by atoms with Gasteiger partial charge in [-0.15, -0.1) is 11.8 Å². The summed E-state index contributed by atoms with van der Waals surface area (Å²) in [7, 11) is 0. The van der Waals surface area contributed by atoms with Gasteiger partial charge in [0.15, 0.2) is 0 Å². The van der Waals surface area contributed by atoms with Crippen LogP contribution in [0.5, 0.6) is 11.6 Å². The quantitative estimate of drug-likeness (QED) is 0.707. The molecule has 0 unspecified atom stereocenters. The fourth-order valence-corrected chi connectivity index (χ4v) is 4.32. The maximum absolute atomic E-state index is 12.9. The number of rotatable bonds is 5. The minimum Gasteiger partial charge on any atom is -0.439 e. The summed E-state index contributed by atoms with van der Waals surface area (Å²) in [6.45, 7) is 5.78. The number of ether oxygens (including phenoxy) is 1. The minimum absolute atomic E-state index is 0.0665. The Labute approximate surface area is 171 Å². The molecule has 0 atom stereocenters. The second kappa shape index (κ2) is 8.53. The summed E-state index contributed by atoms with van der Waals surface area (Å²) in [5.74, 6) is 1.33. The predicted molar refractivity (Wildman–Crippen MR) is 112 cm³/mol. The van der Waals surface area contributed by atoms with Crippen LogP contribution in [-0.4, -0.2) is 59.2 Å². The van der Waals surface area contributed by atoms with Gasteiger partial charge >= 0.3 is 0 Å². The van der Waals surface area contributed by atoms with Crippen molar-refractivity contribution in [1.82, 2.24) is 14.8 Å². The summed E-state index contributed by atoms with van der Waals surface area (Å²) in [6, 6.07) is 10.4. The normalized spacial score (nSPS) is 18.0. The molecule has 28 heavy (non-hydrogen) atoms. The molecule has 1 amide bonds. The number of hydrogen-bond donors (Lipinski definition) is 0. The van der Waals surface area contributed by atoms with Gasteiger partial charge in [-0.05, 0) is 62.3 Å². The zero-order chi connectivity index (χ0) is 19.5. The van der Waals surface area contributed by atoms with Gasteiger partial charge < -0.3 is 9.64 Å². The van der Waals surface area contributed by atoms with Crippen LogP contribution < -0.4 is 4.74 Å². The molecule has 5 nitrogen and oxygen atoms in total. The Hall–Kier alpha value is -2.05. The highest BCUT2D eigenvalue weighted by Crippen LogP contribution is 2.28. The molecule has 1 aromatic heterocycles. The fourth-order valence-electron chi connectivity index (χ4n) is 3.73. The minimum atomic E-state index is 0.0665. The third-order valence-corrected chi connectivity index (χ3v) is 6.35. The van der Waals surface area contributed by atoms with E-state index in [1.54, 1.807) is 24.0 Å². The summed E-state index contributed by atoms with van der Waals surface area (Å²) in [6.07, 6.45) is 7.37. The van der Waals surface area contributed by atoms with Gasteiger partial charge in [0, 0.05) is 49.4 Å². The van der Waals surface area contributed by atoms with E-state index in [9.17, 15) is 4.79 Å². The summed E-state index contributed by atoms with van der Waals surface area (Å²) >= 11 is 1.72. The maximum Gasteiger partial charge on any atom is 0.255 e. The van der Waals surface area contributed by atoms with Crippen molar-refractivity contribution in [2.45, 2.75) is 37.1 Å². The van der Waals surface area contributed by atoms with Crippen LogP contribution in [-0.2, 0) is 0 Å². The van der Waals surface area contributed by atoms with Gasteiger partial charge in [0.05, 0.1) is 5.56 Å². The Morgan fingerprint density at radius 2 is 2.00 bits per heavy atom. The molecule has 2 heterocycles. The van der Waals surface area contributed by atoms with Crippen molar-refractivity contribution < 1.29 is 9.53 Å². The van der Waals surface area contributed by atoms with E-state index in [1.165, 1.54) is 23.3 Å². The molecule has 1 aliphatic carbocycles. The molecule has 2 fully saturated rings. The number of carbonyl (C=O) groups excluding carboxylic acids is 1. The van der Waals surface area contributed by atoms with Gasteiger partial charge in [-0.25, -0.2) is 4.98 Å². The molecule has 0 N–H and O–H groups in total. The van der Waals surface area contributed by atoms with Crippen molar-refractivity contribution in [1.29, 1.82) is 0 Å². The van der Waals surface area contributed by atoms with E-state index in [1.807, 2.05) is 23.1 Å². The summed E-state index contributed by atoms with van der Waals surface area (Å²) in [4.78, 5) is 22.9. The monoisotopic (exact) mass is 397 g/mol. The van der Waals surface area contributed by atoms with Crippen LogP contribution in [0.15, 0.2) is 41.4 Å². The SMILES string of the molecule is CSc1ccc(Oc2ccc(C(=O)N3CCCN(C4CC4)CC3)cn2)cc1C. The predicted octanol–water partition coefficient (Wildman–Crippen LogP) is 4.21. The lowest BCUT2D eigenvalue weighted by Gasteiger charge is -2.21. The van der Waals surface area contributed by atoms with Crippen LogP contribution in [0.2, 0.25) is 0 Å². The molecule has 1 aromatic carbocycles. The first-order valence-electron chi connectivity index (χ1n) is 9.96. The van der Waals surface area contributed by atoms with E-state index in [0.29, 0.717) is 11.4 Å². The molecule has 1 saturated heterocycles. The van der Waals surface area contributed by atoms with Crippen LogP contribution in [0.3, 0.4) is 0 Å². The first-order chi connectivity index (χ1) is 13.6. The number of carbonyl (C=O) groups is 1. The van der Waals surface area contributed by atoms with E-state index >= 15 is 0 Å². The summed E-state index contributed by atoms with van der Waals surface area (Å²) < 4.78 is 5.85. The molecule has 1 aliphatic heterocycles. The van der Waals surface area contributed by atoms with Crippen molar-refractivity contribution in [2.75, 3.05) is 32.4 Å². The third-order valence-electron chi connectivity index (χ3n) is 5.45. The molecular weight excluding hydrogens is 370 g/mol. The number of pyridine rings is 1. The van der Waals surface area contributed by atoms with E-state index < -0.39 is 0 Å². The maximum atomic E-state index is 12.9. The molecule has 2 aliphatic rings. The number of nitrogens with zero attached hydrogens (tertiary/aromatic N) is 3. The number of hydrogen-bond acceptors (Lipinski definition) is 5. The average molecular weight is 398 g/mol. The van der Waals surface area contributed by atoms with Crippen LogP contribution in [0, 0.1) is 6.92 Å². The number of aryl methyl sites for hydroxylation is 1. The molecule has 6 heteroatoms. The molecule has 0 radical (unpaired) electrons. The van der Waals surface area contributed by atoms with E-state index in [4.69, 9.17) is 4.74 Å². The summed E-state index contributed by atoms with van der Waals surface area (Å²) in [5.41, 5.74) is 1.80. The van der Waals surface area contributed by atoms with Gasteiger partial charge in [0.2, 0.25) is 5.88 Å².